The molecule has 1 saturated carbocycles. The topological polar surface area (TPSA) is 32.3 Å². The quantitative estimate of drug-likeness (QED) is 0.880. The molecule has 2 aliphatic rings. The molecule has 0 spiro atoms. The molecule has 3 nitrogen and oxygen atoms in total. The molecule has 0 bridgehead atoms. The molecule has 1 aromatic rings. The first-order valence-corrected chi connectivity index (χ1v) is 8.41. The monoisotopic (exact) mass is 354 g/mol. The Kier molecular flexibility index (Phi) is 4.60. The second kappa shape index (κ2) is 6.44. The lowest BCUT2D eigenvalue weighted by Gasteiger charge is -2.26. The van der Waals surface area contributed by atoms with E-state index in [0.717, 1.165) is 26.1 Å². The van der Waals surface area contributed by atoms with E-state index in [1.807, 2.05) is 4.90 Å². The fourth-order valence-corrected chi connectivity index (χ4v) is 3.30. The first kappa shape index (κ1) is 15.0. The van der Waals surface area contributed by atoms with Crippen LogP contribution in [0.2, 0.25) is 0 Å². The van der Waals surface area contributed by atoms with Crippen molar-refractivity contribution in [1.82, 2.24) is 10.2 Å². The number of carbonyl (C=O) groups excluding carboxylic acids is 1. The van der Waals surface area contributed by atoms with E-state index < -0.39 is 0 Å². The van der Waals surface area contributed by atoms with Gasteiger partial charge in [0.15, 0.2) is 0 Å². The Labute approximate surface area is 133 Å². The van der Waals surface area contributed by atoms with Crippen LogP contribution in [0.1, 0.15) is 36.0 Å². The van der Waals surface area contributed by atoms with Crippen LogP contribution in [0.5, 0.6) is 0 Å². The average molecular weight is 355 g/mol. The Hall–Kier alpha value is -0.940. The molecule has 5 heteroatoms. The summed E-state index contributed by atoms with van der Waals surface area (Å²) in [5.41, 5.74) is 0.425. The number of nitrogens with zero attached hydrogens (tertiary/aromatic N) is 1. The summed E-state index contributed by atoms with van der Waals surface area (Å²) in [5.74, 6) is 0.177. The summed E-state index contributed by atoms with van der Waals surface area (Å²) in [4.78, 5) is 14.7. The van der Waals surface area contributed by atoms with Crippen molar-refractivity contribution in [2.75, 3.05) is 19.6 Å². The largest absolute Gasteiger partial charge is 0.337 e. The van der Waals surface area contributed by atoms with Crippen LogP contribution in [0.3, 0.4) is 0 Å². The van der Waals surface area contributed by atoms with E-state index in [1.165, 1.54) is 25.3 Å². The van der Waals surface area contributed by atoms with Crippen LogP contribution in [0.15, 0.2) is 22.7 Å². The van der Waals surface area contributed by atoms with Gasteiger partial charge in [-0.05, 0) is 66.2 Å². The number of halogens is 2. The third-order valence-electron chi connectivity index (χ3n) is 4.25. The van der Waals surface area contributed by atoms with Crippen LogP contribution in [0.4, 0.5) is 4.39 Å². The summed E-state index contributed by atoms with van der Waals surface area (Å²) in [6, 6.07) is 5.03. The van der Waals surface area contributed by atoms with Gasteiger partial charge in [0.1, 0.15) is 5.82 Å². The highest BCUT2D eigenvalue weighted by Gasteiger charge is 2.30. The smallest absolute Gasteiger partial charge is 0.255 e. The van der Waals surface area contributed by atoms with Crippen LogP contribution in [0.25, 0.3) is 0 Å². The van der Waals surface area contributed by atoms with Crippen molar-refractivity contribution < 1.29 is 9.18 Å². The van der Waals surface area contributed by atoms with Crippen LogP contribution < -0.4 is 5.32 Å². The van der Waals surface area contributed by atoms with Crippen molar-refractivity contribution in [2.24, 2.45) is 5.92 Å². The fraction of sp³-hybridized carbons (Fsp3) is 0.562. The molecule has 1 atom stereocenters. The third-order valence-corrected chi connectivity index (χ3v) is 5.05. The molecule has 2 fully saturated rings. The van der Waals surface area contributed by atoms with Crippen LogP contribution >= 0.6 is 15.9 Å². The number of hydrogen-bond acceptors (Lipinski definition) is 2. The molecule has 1 saturated heterocycles. The average Bonchev–Trinajstić information content (AvgIpc) is 3.14. The normalized spacial score (nSPS) is 21.5. The van der Waals surface area contributed by atoms with Gasteiger partial charge in [0.25, 0.3) is 5.91 Å². The second-order valence-corrected chi connectivity index (χ2v) is 6.84. The highest BCUT2D eigenvalue weighted by atomic mass is 79.9. The van der Waals surface area contributed by atoms with Crippen molar-refractivity contribution in [3.05, 3.63) is 34.1 Å². The molecule has 0 radical (unpaired) electrons. The summed E-state index contributed by atoms with van der Waals surface area (Å²) in [6.07, 6.45) is 4.68. The number of hydrogen-bond donors (Lipinski definition) is 1. The molecule has 3 rings (SSSR count). The Bertz CT molecular complexity index is 527. The first-order chi connectivity index (χ1) is 10.1. The van der Waals surface area contributed by atoms with Gasteiger partial charge in [-0.3, -0.25) is 4.79 Å². The molecule has 21 heavy (non-hydrogen) atoms. The van der Waals surface area contributed by atoms with Gasteiger partial charge in [0, 0.05) is 19.1 Å². The minimum atomic E-state index is -0.383. The molecule has 1 N–H and O–H groups in total. The first-order valence-electron chi connectivity index (χ1n) is 7.62. The number of amides is 1. The zero-order valence-electron chi connectivity index (χ0n) is 11.9. The molecule has 1 aromatic carbocycles. The van der Waals surface area contributed by atoms with Gasteiger partial charge in [-0.2, -0.15) is 0 Å². The summed E-state index contributed by atoms with van der Waals surface area (Å²) < 4.78 is 13.9. The number of rotatable bonds is 5. The zero-order valence-corrected chi connectivity index (χ0v) is 13.5. The molecule has 0 aromatic heterocycles. The standard InChI is InChI=1S/C16H20BrFN2O/c17-15-13(4-1-5-14(15)18)16(21)20(9-11-6-7-11)10-12-3-2-8-19-12/h1,4-5,11-12,19H,2-3,6-10H2. The van der Waals surface area contributed by atoms with Crippen LogP contribution in [-0.2, 0) is 0 Å². The van der Waals surface area contributed by atoms with E-state index in [-0.39, 0.29) is 16.2 Å². The molecule has 1 heterocycles. The van der Waals surface area contributed by atoms with Gasteiger partial charge >= 0.3 is 0 Å². The van der Waals surface area contributed by atoms with Crippen molar-refractivity contribution in [3.63, 3.8) is 0 Å². The fourth-order valence-electron chi connectivity index (χ4n) is 2.87. The highest BCUT2D eigenvalue weighted by molar-refractivity contribution is 9.10. The van der Waals surface area contributed by atoms with Crippen molar-refractivity contribution in [2.45, 2.75) is 31.7 Å². The second-order valence-electron chi connectivity index (χ2n) is 6.05. The Balaban J connectivity index is 1.76. The summed E-state index contributed by atoms with van der Waals surface area (Å²) in [7, 11) is 0. The molecular weight excluding hydrogens is 335 g/mol. The molecule has 1 aliphatic heterocycles. The third kappa shape index (κ3) is 3.64. The van der Waals surface area contributed by atoms with Gasteiger partial charge in [-0.15, -0.1) is 0 Å². The Morgan fingerprint density at radius 1 is 1.33 bits per heavy atom. The predicted octanol–water partition coefficient (Wildman–Crippen LogP) is 3.19. The van der Waals surface area contributed by atoms with E-state index in [1.54, 1.807) is 12.1 Å². The summed E-state index contributed by atoms with van der Waals surface area (Å²) >= 11 is 3.21. The maximum absolute atomic E-state index is 13.7. The van der Waals surface area contributed by atoms with Crippen molar-refractivity contribution in [3.8, 4) is 0 Å². The molecule has 1 aliphatic carbocycles. The van der Waals surface area contributed by atoms with Crippen molar-refractivity contribution >= 4 is 21.8 Å². The number of nitrogens with one attached hydrogen (secondary N) is 1. The Morgan fingerprint density at radius 2 is 2.14 bits per heavy atom. The lowest BCUT2D eigenvalue weighted by atomic mass is 10.1. The predicted molar refractivity (Wildman–Crippen MR) is 83.8 cm³/mol. The minimum Gasteiger partial charge on any atom is -0.337 e. The van der Waals surface area contributed by atoms with Gasteiger partial charge < -0.3 is 10.2 Å². The van der Waals surface area contributed by atoms with Crippen molar-refractivity contribution in [1.29, 1.82) is 0 Å². The van der Waals surface area contributed by atoms with Crippen LogP contribution in [0, 0.1) is 11.7 Å². The maximum Gasteiger partial charge on any atom is 0.255 e. The van der Waals surface area contributed by atoms with Gasteiger partial charge in [0.2, 0.25) is 0 Å². The van der Waals surface area contributed by atoms with E-state index in [0.29, 0.717) is 17.5 Å². The maximum atomic E-state index is 13.7. The molecule has 114 valence electrons. The SMILES string of the molecule is O=C(c1cccc(F)c1Br)N(CC1CC1)CC1CCCN1. The highest BCUT2D eigenvalue weighted by Crippen LogP contribution is 2.31. The van der Waals surface area contributed by atoms with E-state index in [2.05, 4.69) is 21.2 Å². The lowest BCUT2D eigenvalue weighted by molar-refractivity contribution is 0.0732. The minimum absolute atomic E-state index is 0.0676. The van der Waals surface area contributed by atoms with Gasteiger partial charge in [0.05, 0.1) is 10.0 Å². The molecule has 1 unspecified atom stereocenters. The van der Waals surface area contributed by atoms with E-state index in [4.69, 9.17) is 0 Å². The van der Waals surface area contributed by atoms with Gasteiger partial charge in [-0.25, -0.2) is 4.39 Å². The van der Waals surface area contributed by atoms with Crippen LogP contribution in [-0.4, -0.2) is 36.5 Å². The zero-order chi connectivity index (χ0) is 14.8. The molecule has 1 amide bonds. The summed E-state index contributed by atoms with van der Waals surface area (Å²) in [6.45, 7) is 2.54. The lowest BCUT2D eigenvalue weighted by Crippen LogP contribution is -2.42. The van der Waals surface area contributed by atoms with Gasteiger partial charge in [-0.1, -0.05) is 6.07 Å². The summed E-state index contributed by atoms with van der Waals surface area (Å²) in [5, 5.41) is 3.43. The van der Waals surface area contributed by atoms with E-state index in [9.17, 15) is 9.18 Å². The number of carbonyl (C=O) groups is 1. The van der Waals surface area contributed by atoms with E-state index >= 15 is 0 Å². The molecular formula is C16H20BrFN2O. The number of benzene rings is 1. The Morgan fingerprint density at radius 3 is 2.81 bits per heavy atom.